The molecule has 5 nitrogen and oxygen atoms in total. The van der Waals surface area contributed by atoms with Crippen LogP contribution in [0, 0.1) is 0 Å². The summed E-state index contributed by atoms with van der Waals surface area (Å²) in [6.45, 7) is 1.78. The topological polar surface area (TPSA) is 98.2 Å². The van der Waals surface area contributed by atoms with Crippen molar-refractivity contribution in [2.75, 3.05) is 5.43 Å². The monoisotopic (exact) mass is 229 g/mol. The minimum Gasteiger partial charge on any atom is -0.324 e. The van der Waals surface area contributed by atoms with Crippen LogP contribution in [0.15, 0.2) is 24.3 Å². The van der Waals surface area contributed by atoms with E-state index in [1.165, 1.54) is 0 Å². The summed E-state index contributed by atoms with van der Waals surface area (Å²) in [5, 5.41) is 4.48. The molecule has 0 fully saturated rings. The first-order chi connectivity index (χ1) is 6.99. The second-order valence-corrected chi connectivity index (χ2v) is 5.00. The van der Waals surface area contributed by atoms with E-state index >= 15 is 0 Å². The van der Waals surface area contributed by atoms with E-state index in [2.05, 4.69) is 5.43 Å². The third kappa shape index (κ3) is 2.92. The van der Waals surface area contributed by atoms with Crippen LogP contribution in [0.1, 0.15) is 24.2 Å². The third-order valence-corrected chi connectivity index (χ3v) is 3.62. The number of nitrogen functional groups attached to an aromatic ring is 1. The highest BCUT2D eigenvalue weighted by Crippen LogP contribution is 2.24. The summed E-state index contributed by atoms with van der Waals surface area (Å²) in [5.74, 6) is 5.20. The maximum Gasteiger partial charge on any atom is 0.216 e. The van der Waals surface area contributed by atoms with Crippen LogP contribution >= 0.6 is 0 Å². The Morgan fingerprint density at radius 3 is 2.20 bits per heavy atom. The average Bonchev–Trinajstić information content (AvgIpc) is 2.18. The van der Waals surface area contributed by atoms with Crippen molar-refractivity contribution in [2.45, 2.75) is 18.6 Å². The van der Waals surface area contributed by atoms with Gasteiger partial charge in [-0.3, -0.25) is 5.84 Å². The fourth-order valence-corrected chi connectivity index (χ4v) is 2.45. The summed E-state index contributed by atoms with van der Waals surface area (Å²) in [7, 11) is -3.54. The van der Waals surface area contributed by atoms with E-state index in [-0.39, 0.29) is 0 Å². The molecule has 0 heterocycles. The second kappa shape index (κ2) is 4.61. The van der Waals surface area contributed by atoms with E-state index in [0.29, 0.717) is 12.0 Å². The Hall–Kier alpha value is -1.11. The van der Waals surface area contributed by atoms with Crippen molar-refractivity contribution >= 4 is 15.7 Å². The normalized spacial score (nSPS) is 13.5. The number of nitrogens with two attached hydrogens (primary N) is 2. The zero-order chi connectivity index (χ0) is 11.5. The summed E-state index contributed by atoms with van der Waals surface area (Å²) < 4.78 is 22.5. The van der Waals surface area contributed by atoms with Crippen LogP contribution in [-0.2, 0) is 10.0 Å². The molecule has 1 aromatic carbocycles. The van der Waals surface area contributed by atoms with E-state index in [1.54, 1.807) is 31.2 Å². The zero-order valence-electron chi connectivity index (χ0n) is 8.47. The highest BCUT2D eigenvalue weighted by Gasteiger charge is 2.20. The molecular formula is C9H15N3O2S. The van der Waals surface area contributed by atoms with Gasteiger partial charge in [-0.2, -0.15) is 0 Å². The van der Waals surface area contributed by atoms with Crippen LogP contribution < -0.4 is 16.4 Å². The van der Waals surface area contributed by atoms with Crippen molar-refractivity contribution in [3.63, 3.8) is 0 Å². The van der Waals surface area contributed by atoms with E-state index < -0.39 is 15.3 Å². The van der Waals surface area contributed by atoms with Gasteiger partial charge in [-0.05, 0) is 24.1 Å². The Morgan fingerprint density at radius 1 is 1.33 bits per heavy atom. The molecule has 1 rings (SSSR count). The minimum atomic E-state index is -3.54. The lowest BCUT2D eigenvalue weighted by atomic mass is 10.1. The molecule has 0 amide bonds. The average molecular weight is 229 g/mol. The summed E-state index contributed by atoms with van der Waals surface area (Å²) in [6.07, 6.45) is 0.453. The van der Waals surface area contributed by atoms with E-state index in [0.717, 1.165) is 5.69 Å². The van der Waals surface area contributed by atoms with Crippen molar-refractivity contribution in [1.82, 2.24) is 0 Å². The number of primary sulfonamides is 1. The Labute approximate surface area is 89.5 Å². The van der Waals surface area contributed by atoms with Gasteiger partial charge >= 0.3 is 0 Å². The predicted molar refractivity (Wildman–Crippen MR) is 60.4 cm³/mol. The number of sulfonamides is 1. The van der Waals surface area contributed by atoms with Crippen LogP contribution in [0.2, 0.25) is 0 Å². The molecule has 0 bridgehead atoms. The van der Waals surface area contributed by atoms with Crippen LogP contribution in [-0.4, -0.2) is 8.42 Å². The fraction of sp³-hybridized carbons (Fsp3) is 0.333. The van der Waals surface area contributed by atoms with Gasteiger partial charge in [0.1, 0.15) is 0 Å². The molecule has 84 valence electrons. The molecule has 0 aromatic heterocycles. The molecule has 6 heteroatoms. The van der Waals surface area contributed by atoms with Gasteiger partial charge in [0.15, 0.2) is 0 Å². The molecule has 0 aliphatic carbocycles. The Bertz CT molecular complexity index is 413. The van der Waals surface area contributed by atoms with Gasteiger partial charge in [0, 0.05) is 5.69 Å². The van der Waals surface area contributed by atoms with Gasteiger partial charge in [0.2, 0.25) is 10.0 Å². The molecule has 1 unspecified atom stereocenters. The number of benzene rings is 1. The number of hydrogen-bond acceptors (Lipinski definition) is 4. The highest BCUT2D eigenvalue weighted by atomic mass is 32.2. The van der Waals surface area contributed by atoms with Crippen molar-refractivity contribution in [2.24, 2.45) is 11.0 Å². The minimum absolute atomic E-state index is 0.453. The molecule has 0 aliphatic heterocycles. The SMILES string of the molecule is CCC(c1ccc(NN)cc1)S(N)(=O)=O. The van der Waals surface area contributed by atoms with Gasteiger partial charge in [-0.15, -0.1) is 0 Å². The maximum atomic E-state index is 11.3. The number of hydrazine groups is 1. The molecule has 15 heavy (non-hydrogen) atoms. The van der Waals surface area contributed by atoms with Crippen LogP contribution in [0.4, 0.5) is 5.69 Å². The van der Waals surface area contributed by atoms with E-state index in [9.17, 15) is 8.42 Å². The largest absolute Gasteiger partial charge is 0.324 e. The molecule has 0 aliphatic rings. The lowest BCUT2D eigenvalue weighted by Crippen LogP contribution is -2.21. The smallest absolute Gasteiger partial charge is 0.216 e. The second-order valence-electron chi connectivity index (χ2n) is 3.25. The van der Waals surface area contributed by atoms with Crippen molar-refractivity contribution in [3.8, 4) is 0 Å². The maximum absolute atomic E-state index is 11.3. The molecule has 1 aromatic rings. The Morgan fingerprint density at radius 2 is 1.87 bits per heavy atom. The molecule has 1 atom stereocenters. The van der Waals surface area contributed by atoms with E-state index in [1.807, 2.05) is 0 Å². The van der Waals surface area contributed by atoms with Crippen molar-refractivity contribution in [1.29, 1.82) is 0 Å². The summed E-state index contributed by atoms with van der Waals surface area (Å²) in [4.78, 5) is 0. The van der Waals surface area contributed by atoms with Crippen LogP contribution in [0.3, 0.4) is 0 Å². The van der Waals surface area contributed by atoms with Crippen molar-refractivity contribution < 1.29 is 8.42 Å². The van der Waals surface area contributed by atoms with Crippen LogP contribution in [0.25, 0.3) is 0 Å². The van der Waals surface area contributed by atoms with Crippen LogP contribution in [0.5, 0.6) is 0 Å². The molecule has 5 N–H and O–H groups in total. The van der Waals surface area contributed by atoms with Gasteiger partial charge < -0.3 is 5.43 Å². The predicted octanol–water partition coefficient (Wildman–Crippen LogP) is 0.712. The molecule has 0 radical (unpaired) electrons. The lowest BCUT2D eigenvalue weighted by Gasteiger charge is -2.13. The Kier molecular flexibility index (Phi) is 3.67. The Balaban J connectivity index is 3.04. The molecule has 0 saturated carbocycles. The highest BCUT2D eigenvalue weighted by molar-refractivity contribution is 7.89. The van der Waals surface area contributed by atoms with Gasteiger partial charge in [-0.1, -0.05) is 19.1 Å². The number of anilines is 1. The molecular weight excluding hydrogens is 214 g/mol. The standard InChI is InChI=1S/C9H15N3O2S/c1-2-9(15(11,13)14)7-3-5-8(12-10)6-4-7/h3-6,9,12H,2,10H2,1H3,(H2,11,13,14). The first kappa shape index (κ1) is 12.0. The lowest BCUT2D eigenvalue weighted by molar-refractivity contribution is 0.581. The van der Waals surface area contributed by atoms with E-state index in [4.69, 9.17) is 11.0 Å². The van der Waals surface area contributed by atoms with Gasteiger partial charge in [-0.25, -0.2) is 13.6 Å². The van der Waals surface area contributed by atoms with Gasteiger partial charge in [0.05, 0.1) is 5.25 Å². The first-order valence-corrected chi connectivity index (χ1v) is 6.18. The summed E-state index contributed by atoms with van der Waals surface area (Å²) in [6, 6.07) is 6.83. The molecule has 0 spiro atoms. The fourth-order valence-electron chi connectivity index (χ4n) is 1.45. The zero-order valence-corrected chi connectivity index (χ0v) is 9.29. The number of rotatable bonds is 4. The first-order valence-electron chi connectivity index (χ1n) is 4.57. The summed E-state index contributed by atoms with van der Waals surface area (Å²) >= 11 is 0. The van der Waals surface area contributed by atoms with Gasteiger partial charge in [0.25, 0.3) is 0 Å². The third-order valence-electron chi connectivity index (χ3n) is 2.22. The van der Waals surface area contributed by atoms with Crippen molar-refractivity contribution in [3.05, 3.63) is 29.8 Å². The molecule has 0 saturated heterocycles. The quantitative estimate of drug-likeness (QED) is 0.523. The number of nitrogens with one attached hydrogen (secondary N) is 1. The summed E-state index contributed by atoms with van der Waals surface area (Å²) in [5.41, 5.74) is 3.87. The number of hydrogen-bond donors (Lipinski definition) is 3.